The van der Waals surface area contributed by atoms with E-state index < -0.39 is 0 Å². The maximum Gasteiger partial charge on any atom is 0.251 e. The lowest BCUT2D eigenvalue weighted by Gasteiger charge is -2.07. The molecule has 0 radical (unpaired) electrons. The number of carbonyl (C=O) groups excluding carboxylic acids is 1. The van der Waals surface area contributed by atoms with Gasteiger partial charge in [0.15, 0.2) is 0 Å². The number of carbonyl (C=O) groups is 1. The van der Waals surface area contributed by atoms with Crippen LogP contribution in [-0.2, 0) is 6.54 Å². The Morgan fingerprint density at radius 1 is 1.23 bits per heavy atom. The minimum absolute atomic E-state index is 0.205. The molecule has 4 nitrogen and oxygen atoms in total. The first kappa shape index (κ1) is 14.9. The number of hydrogen-bond donors (Lipinski definition) is 1. The Morgan fingerprint density at radius 3 is 2.82 bits per heavy atom. The van der Waals surface area contributed by atoms with Gasteiger partial charge >= 0.3 is 0 Å². The van der Waals surface area contributed by atoms with Crippen LogP contribution in [0.2, 0.25) is 10.0 Å². The van der Waals surface area contributed by atoms with Gasteiger partial charge in [-0.1, -0.05) is 29.3 Å². The number of benzene rings is 1. The van der Waals surface area contributed by atoms with Crippen molar-refractivity contribution in [2.45, 2.75) is 13.5 Å². The lowest BCUT2D eigenvalue weighted by molar-refractivity contribution is 0.0950. The van der Waals surface area contributed by atoms with E-state index in [9.17, 15) is 4.79 Å². The van der Waals surface area contributed by atoms with Crippen molar-refractivity contribution >= 4 is 34.8 Å². The molecule has 0 saturated carbocycles. The zero-order valence-corrected chi connectivity index (χ0v) is 13.3. The second-order valence-corrected chi connectivity index (χ2v) is 5.70. The van der Waals surface area contributed by atoms with Crippen LogP contribution in [-0.4, -0.2) is 15.3 Å². The molecular weight excluding hydrogens is 321 g/mol. The first-order chi connectivity index (χ1) is 10.6. The average molecular weight is 334 g/mol. The number of aromatic nitrogens is 2. The van der Waals surface area contributed by atoms with Crippen LogP contribution >= 0.6 is 23.2 Å². The van der Waals surface area contributed by atoms with Gasteiger partial charge in [-0.15, -0.1) is 0 Å². The van der Waals surface area contributed by atoms with E-state index in [1.54, 1.807) is 18.2 Å². The molecule has 0 saturated heterocycles. The van der Waals surface area contributed by atoms with Gasteiger partial charge in [-0.3, -0.25) is 4.79 Å². The molecule has 1 aromatic carbocycles. The van der Waals surface area contributed by atoms with Crippen LogP contribution in [0.25, 0.3) is 5.65 Å². The fourth-order valence-electron chi connectivity index (χ4n) is 2.28. The summed E-state index contributed by atoms with van der Waals surface area (Å²) < 4.78 is 1.96. The quantitative estimate of drug-likeness (QED) is 0.790. The fraction of sp³-hybridized carbons (Fsp3) is 0.125. The van der Waals surface area contributed by atoms with Crippen LogP contribution in [0, 0.1) is 6.92 Å². The number of hydrogen-bond acceptors (Lipinski definition) is 2. The molecular formula is C16H13Cl2N3O. The summed E-state index contributed by atoms with van der Waals surface area (Å²) in [5.74, 6) is -0.205. The summed E-state index contributed by atoms with van der Waals surface area (Å²) in [4.78, 5) is 16.7. The molecule has 0 fully saturated rings. The lowest BCUT2D eigenvalue weighted by atomic mass is 10.2. The van der Waals surface area contributed by atoms with E-state index in [1.807, 2.05) is 35.7 Å². The Hall–Kier alpha value is -2.04. The molecule has 6 heteroatoms. The molecule has 3 rings (SSSR count). The molecule has 3 aromatic rings. The zero-order valence-electron chi connectivity index (χ0n) is 11.8. The van der Waals surface area contributed by atoms with Crippen molar-refractivity contribution in [2.24, 2.45) is 0 Å². The van der Waals surface area contributed by atoms with E-state index in [2.05, 4.69) is 10.3 Å². The number of nitrogens with one attached hydrogen (secondary N) is 1. The van der Waals surface area contributed by atoms with Crippen molar-refractivity contribution in [3.05, 3.63) is 69.6 Å². The predicted molar refractivity (Wildman–Crippen MR) is 87.6 cm³/mol. The monoisotopic (exact) mass is 333 g/mol. The molecule has 22 heavy (non-hydrogen) atoms. The Balaban J connectivity index is 1.80. The third-order valence-corrected chi connectivity index (χ3v) is 4.17. The maximum absolute atomic E-state index is 12.2. The molecule has 1 amide bonds. The summed E-state index contributed by atoms with van der Waals surface area (Å²) in [5.41, 5.74) is 3.17. The van der Waals surface area contributed by atoms with Gasteiger partial charge < -0.3 is 9.72 Å². The zero-order chi connectivity index (χ0) is 15.7. The van der Waals surface area contributed by atoms with Crippen LogP contribution in [0.3, 0.4) is 0 Å². The minimum atomic E-state index is -0.205. The summed E-state index contributed by atoms with van der Waals surface area (Å²) in [6, 6.07) is 10.6. The van der Waals surface area contributed by atoms with Crippen molar-refractivity contribution in [1.29, 1.82) is 0 Å². The molecule has 0 aliphatic rings. The normalized spacial score (nSPS) is 10.9. The third kappa shape index (κ3) is 2.80. The molecule has 0 unspecified atom stereocenters. The molecule has 0 bridgehead atoms. The van der Waals surface area contributed by atoms with Crippen molar-refractivity contribution in [3.8, 4) is 0 Å². The third-order valence-electron chi connectivity index (χ3n) is 3.43. The van der Waals surface area contributed by atoms with Gasteiger partial charge in [-0.05, 0) is 37.3 Å². The SMILES string of the molecule is Cc1nc2ccccn2c1CNC(=O)c1ccc(Cl)c(Cl)c1. The number of amides is 1. The molecule has 0 atom stereocenters. The molecule has 112 valence electrons. The predicted octanol–water partition coefficient (Wildman–Crippen LogP) is 3.88. The highest BCUT2D eigenvalue weighted by molar-refractivity contribution is 6.42. The van der Waals surface area contributed by atoms with E-state index in [1.165, 1.54) is 0 Å². The van der Waals surface area contributed by atoms with E-state index in [0.717, 1.165) is 17.0 Å². The van der Waals surface area contributed by atoms with E-state index >= 15 is 0 Å². The molecule has 2 aromatic heterocycles. The van der Waals surface area contributed by atoms with Crippen LogP contribution in [0.4, 0.5) is 0 Å². The van der Waals surface area contributed by atoms with Crippen LogP contribution in [0.5, 0.6) is 0 Å². The van der Waals surface area contributed by atoms with Gasteiger partial charge in [0.1, 0.15) is 5.65 Å². The number of imidazole rings is 1. The van der Waals surface area contributed by atoms with E-state index in [0.29, 0.717) is 22.2 Å². The Kier molecular flexibility index (Phi) is 4.05. The second-order valence-electron chi connectivity index (χ2n) is 4.88. The Morgan fingerprint density at radius 2 is 2.05 bits per heavy atom. The Bertz CT molecular complexity index is 858. The highest BCUT2D eigenvalue weighted by atomic mass is 35.5. The molecule has 1 N–H and O–H groups in total. The van der Waals surface area contributed by atoms with Crippen molar-refractivity contribution < 1.29 is 4.79 Å². The number of fused-ring (bicyclic) bond motifs is 1. The van der Waals surface area contributed by atoms with Crippen LogP contribution < -0.4 is 5.32 Å². The fourth-order valence-corrected chi connectivity index (χ4v) is 2.58. The van der Waals surface area contributed by atoms with Gasteiger partial charge in [0.2, 0.25) is 0 Å². The summed E-state index contributed by atoms with van der Waals surface area (Å²) in [5, 5.41) is 3.67. The topological polar surface area (TPSA) is 46.4 Å². The van der Waals surface area contributed by atoms with E-state index in [-0.39, 0.29) is 5.91 Å². The molecule has 0 aliphatic carbocycles. The van der Waals surface area contributed by atoms with Crippen molar-refractivity contribution in [1.82, 2.24) is 14.7 Å². The maximum atomic E-state index is 12.2. The summed E-state index contributed by atoms with van der Waals surface area (Å²) in [6.45, 7) is 2.31. The molecule has 0 spiro atoms. The van der Waals surface area contributed by atoms with Gasteiger partial charge in [0.25, 0.3) is 5.91 Å². The summed E-state index contributed by atoms with van der Waals surface area (Å²) in [7, 11) is 0. The highest BCUT2D eigenvalue weighted by Crippen LogP contribution is 2.22. The number of aryl methyl sites for hydroxylation is 1. The number of pyridine rings is 1. The van der Waals surface area contributed by atoms with E-state index in [4.69, 9.17) is 23.2 Å². The lowest BCUT2D eigenvalue weighted by Crippen LogP contribution is -2.23. The summed E-state index contributed by atoms with van der Waals surface area (Å²) >= 11 is 11.8. The van der Waals surface area contributed by atoms with Crippen molar-refractivity contribution in [3.63, 3.8) is 0 Å². The smallest absolute Gasteiger partial charge is 0.251 e. The number of rotatable bonds is 3. The number of halogens is 2. The van der Waals surface area contributed by atoms with Gasteiger partial charge in [0, 0.05) is 11.8 Å². The van der Waals surface area contributed by atoms with Crippen LogP contribution in [0.1, 0.15) is 21.7 Å². The Labute approximate surface area is 137 Å². The molecule has 2 heterocycles. The standard InChI is InChI=1S/C16H13Cl2N3O/c1-10-14(21-7-3-2-4-15(21)20-10)9-19-16(22)11-5-6-12(17)13(18)8-11/h2-8H,9H2,1H3,(H,19,22). The largest absolute Gasteiger partial charge is 0.346 e. The first-order valence-electron chi connectivity index (χ1n) is 6.72. The minimum Gasteiger partial charge on any atom is -0.346 e. The van der Waals surface area contributed by atoms with Gasteiger partial charge in [-0.25, -0.2) is 4.98 Å². The summed E-state index contributed by atoms with van der Waals surface area (Å²) in [6.07, 6.45) is 1.93. The van der Waals surface area contributed by atoms with Gasteiger partial charge in [0.05, 0.1) is 28.0 Å². The first-order valence-corrected chi connectivity index (χ1v) is 7.47. The number of nitrogens with zero attached hydrogens (tertiary/aromatic N) is 2. The molecule has 0 aliphatic heterocycles. The van der Waals surface area contributed by atoms with Gasteiger partial charge in [-0.2, -0.15) is 0 Å². The second kappa shape index (κ2) is 5.99. The average Bonchev–Trinajstić information content (AvgIpc) is 2.83. The van der Waals surface area contributed by atoms with Crippen LogP contribution in [0.15, 0.2) is 42.6 Å². The van der Waals surface area contributed by atoms with Crippen molar-refractivity contribution in [2.75, 3.05) is 0 Å². The highest BCUT2D eigenvalue weighted by Gasteiger charge is 2.11.